The van der Waals surface area contributed by atoms with Crippen LogP contribution in [0.4, 0.5) is 5.69 Å². The lowest BCUT2D eigenvalue weighted by Gasteiger charge is -2.42. The van der Waals surface area contributed by atoms with Crippen LogP contribution in [0.3, 0.4) is 0 Å². The number of phenolic OH excluding ortho intramolecular Hbond substituents is 1. The van der Waals surface area contributed by atoms with Crippen molar-refractivity contribution in [2.75, 3.05) is 4.90 Å². The monoisotopic (exact) mass is 647 g/mol. The molecule has 0 bridgehead atoms. The molecule has 1 N–H and O–H groups in total. The van der Waals surface area contributed by atoms with Gasteiger partial charge in [0.1, 0.15) is 5.75 Å². The van der Waals surface area contributed by atoms with Gasteiger partial charge in [-0.25, -0.2) is 0 Å². The Morgan fingerprint density at radius 2 is 1.59 bits per heavy atom. The van der Waals surface area contributed by atoms with Crippen LogP contribution in [0.1, 0.15) is 47.2 Å². The number of ketones is 3. The lowest BCUT2D eigenvalue weighted by Crippen LogP contribution is -2.39. The highest BCUT2D eigenvalue weighted by molar-refractivity contribution is 9.10. The minimum Gasteiger partial charge on any atom is -0.508 e. The van der Waals surface area contributed by atoms with Crippen LogP contribution in [0, 0.1) is 17.8 Å². The Hall–Kier alpha value is -4.69. The summed E-state index contributed by atoms with van der Waals surface area (Å²) in [4.78, 5) is 68.9. The summed E-state index contributed by atoms with van der Waals surface area (Å²) in [5.74, 6) is -4.07. The fourth-order valence-corrected chi connectivity index (χ4v) is 7.65. The summed E-state index contributed by atoms with van der Waals surface area (Å²) in [6.07, 6.45) is 3.70. The number of aromatic hydroxyl groups is 1. The molecule has 44 heavy (non-hydrogen) atoms. The average molecular weight is 649 g/mol. The molecule has 0 radical (unpaired) electrons. The molecule has 7 rings (SSSR count). The molecule has 3 aromatic carbocycles. The fraction of sp³-hybridized carbons (Fsp3) is 0.194. The largest absolute Gasteiger partial charge is 0.508 e. The van der Waals surface area contributed by atoms with Crippen LogP contribution in [-0.2, 0) is 19.2 Å². The Kier molecular flexibility index (Phi) is 6.70. The van der Waals surface area contributed by atoms with Gasteiger partial charge in [0, 0.05) is 43.8 Å². The Labute approximate surface area is 261 Å². The summed E-state index contributed by atoms with van der Waals surface area (Å²) >= 11 is 3.46. The molecule has 0 saturated carbocycles. The smallest absolute Gasteiger partial charge is 0.238 e. The molecule has 4 atom stereocenters. The van der Waals surface area contributed by atoms with Gasteiger partial charge in [-0.1, -0.05) is 57.9 Å². The molecule has 0 aromatic heterocycles. The Morgan fingerprint density at radius 1 is 0.886 bits per heavy atom. The first-order valence-electron chi connectivity index (χ1n) is 14.4. The molecule has 3 aromatic rings. The number of rotatable bonds is 4. The SMILES string of the molecule is CC1=CC(=O)C2=C(C[C@@H]3C(=CC[C@@H]4C(=O)N(c5ccc(C(=O)c6ccccc6)cc5)C(=O)[C@@H]43)[C@@H]2c2cc(Br)ccc2O)C1=O. The van der Waals surface area contributed by atoms with Gasteiger partial charge in [0.15, 0.2) is 17.3 Å². The van der Waals surface area contributed by atoms with Crippen LogP contribution in [0.15, 0.2) is 112 Å². The molecular weight excluding hydrogens is 622 g/mol. The number of hydrogen-bond acceptors (Lipinski definition) is 6. The van der Waals surface area contributed by atoms with E-state index in [2.05, 4.69) is 15.9 Å². The van der Waals surface area contributed by atoms with Crippen molar-refractivity contribution >= 4 is 50.8 Å². The summed E-state index contributed by atoms with van der Waals surface area (Å²) in [6.45, 7) is 1.60. The van der Waals surface area contributed by atoms with Gasteiger partial charge in [0.2, 0.25) is 11.8 Å². The number of benzene rings is 3. The topological polar surface area (TPSA) is 109 Å². The van der Waals surface area contributed by atoms with Crippen LogP contribution in [0.5, 0.6) is 5.75 Å². The Bertz CT molecular complexity index is 1900. The van der Waals surface area contributed by atoms with Crippen molar-refractivity contribution in [3.05, 3.63) is 128 Å². The van der Waals surface area contributed by atoms with Crippen molar-refractivity contribution in [1.29, 1.82) is 0 Å². The van der Waals surface area contributed by atoms with Crippen molar-refractivity contribution in [2.24, 2.45) is 17.8 Å². The van der Waals surface area contributed by atoms with E-state index in [1.54, 1.807) is 67.6 Å². The fourth-order valence-electron chi connectivity index (χ4n) is 7.27. The first-order valence-corrected chi connectivity index (χ1v) is 15.2. The second-order valence-electron chi connectivity index (χ2n) is 11.7. The third-order valence-corrected chi connectivity index (χ3v) is 9.78. The molecule has 0 spiro atoms. The zero-order valence-electron chi connectivity index (χ0n) is 23.6. The van der Waals surface area contributed by atoms with Crippen LogP contribution >= 0.6 is 15.9 Å². The predicted molar refractivity (Wildman–Crippen MR) is 166 cm³/mol. The average Bonchev–Trinajstić information content (AvgIpc) is 3.29. The van der Waals surface area contributed by atoms with E-state index in [1.165, 1.54) is 17.0 Å². The number of amides is 2. The Morgan fingerprint density at radius 3 is 2.32 bits per heavy atom. The molecular formula is C36H26BrNO6. The van der Waals surface area contributed by atoms with E-state index in [1.807, 2.05) is 12.1 Å². The van der Waals surface area contributed by atoms with Gasteiger partial charge in [-0.3, -0.25) is 28.9 Å². The molecule has 4 aliphatic rings. The van der Waals surface area contributed by atoms with E-state index in [-0.39, 0.29) is 47.8 Å². The minimum atomic E-state index is -0.743. The van der Waals surface area contributed by atoms with Gasteiger partial charge in [0.25, 0.3) is 0 Å². The maximum Gasteiger partial charge on any atom is 0.238 e. The van der Waals surface area contributed by atoms with Gasteiger partial charge >= 0.3 is 0 Å². The van der Waals surface area contributed by atoms with Crippen molar-refractivity contribution in [1.82, 2.24) is 0 Å². The number of fused-ring (bicyclic) bond motifs is 3. The van der Waals surface area contributed by atoms with Crippen LogP contribution in [0.25, 0.3) is 0 Å². The number of carbonyl (C=O) groups excluding carboxylic acids is 5. The maximum absolute atomic E-state index is 14.2. The van der Waals surface area contributed by atoms with Crippen molar-refractivity contribution in [3.8, 4) is 5.75 Å². The van der Waals surface area contributed by atoms with Gasteiger partial charge < -0.3 is 5.11 Å². The van der Waals surface area contributed by atoms with E-state index in [0.29, 0.717) is 43.6 Å². The van der Waals surface area contributed by atoms with Gasteiger partial charge in [-0.15, -0.1) is 0 Å². The number of nitrogens with zero attached hydrogens (tertiary/aromatic N) is 1. The third kappa shape index (κ3) is 4.27. The highest BCUT2D eigenvalue weighted by atomic mass is 79.9. The van der Waals surface area contributed by atoms with E-state index in [9.17, 15) is 29.1 Å². The standard InChI is InChI=1S/C36H26BrNO6/c1-18-15-29(40)32-27(33(18)41)17-25-23(30(32)26-16-21(37)9-14-28(26)39)12-13-24-31(25)36(44)38(35(24)43)22-10-7-20(8-11-22)34(42)19-5-3-2-4-6-19/h2-12,14-16,24-25,30-31,39H,13,17H2,1H3/t24-,25+,30+,31-/m0/s1. The summed E-state index contributed by atoms with van der Waals surface area (Å²) in [5, 5.41) is 10.9. The highest BCUT2D eigenvalue weighted by Crippen LogP contribution is 2.56. The second-order valence-corrected chi connectivity index (χ2v) is 12.6. The normalized spacial score (nSPS) is 24.5. The summed E-state index contributed by atoms with van der Waals surface area (Å²) in [5.41, 5.74) is 3.56. The van der Waals surface area contributed by atoms with Crippen LogP contribution in [-0.4, -0.2) is 34.3 Å². The zero-order valence-corrected chi connectivity index (χ0v) is 25.2. The molecule has 8 heteroatoms. The highest BCUT2D eigenvalue weighted by Gasteiger charge is 2.56. The molecule has 0 unspecified atom stereocenters. The minimum absolute atomic E-state index is 0.0270. The number of Topliss-reactive ketones (excluding diaryl/α,β-unsaturated/α-hetero) is 1. The predicted octanol–water partition coefficient (Wildman–Crippen LogP) is 6.02. The number of imide groups is 1. The number of hydrogen-bond donors (Lipinski definition) is 1. The van der Waals surface area contributed by atoms with E-state index >= 15 is 0 Å². The summed E-state index contributed by atoms with van der Waals surface area (Å²) < 4.78 is 0.692. The first-order chi connectivity index (χ1) is 21.2. The number of carbonyl (C=O) groups is 5. The van der Waals surface area contributed by atoms with Crippen molar-refractivity contribution < 1.29 is 29.1 Å². The van der Waals surface area contributed by atoms with Crippen molar-refractivity contribution in [2.45, 2.75) is 25.7 Å². The number of halogens is 1. The molecule has 7 nitrogen and oxygen atoms in total. The third-order valence-electron chi connectivity index (χ3n) is 9.29. The summed E-state index contributed by atoms with van der Waals surface area (Å²) in [7, 11) is 0. The zero-order chi connectivity index (χ0) is 30.9. The molecule has 1 saturated heterocycles. The van der Waals surface area contributed by atoms with E-state index in [0.717, 1.165) is 5.57 Å². The van der Waals surface area contributed by atoms with Crippen LogP contribution in [0.2, 0.25) is 0 Å². The molecule has 2 amide bonds. The molecule has 1 heterocycles. The maximum atomic E-state index is 14.2. The molecule has 1 fully saturated rings. The number of phenols is 1. The molecule has 218 valence electrons. The quantitative estimate of drug-likeness (QED) is 0.161. The second kappa shape index (κ2) is 10.5. The van der Waals surface area contributed by atoms with Crippen molar-refractivity contribution in [3.63, 3.8) is 0 Å². The Balaban J connectivity index is 1.27. The van der Waals surface area contributed by atoms with Gasteiger partial charge in [-0.2, -0.15) is 0 Å². The van der Waals surface area contributed by atoms with E-state index < -0.39 is 23.7 Å². The molecule has 1 aliphatic heterocycles. The summed E-state index contributed by atoms with van der Waals surface area (Å²) in [6, 6.07) is 20.3. The number of anilines is 1. The van der Waals surface area contributed by atoms with Crippen LogP contribution < -0.4 is 4.90 Å². The lowest BCUT2D eigenvalue weighted by atomic mass is 9.59. The molecule has 3 aliphatic carbocycles. The lowest BCUT2D eigenvalue weighted by molar-refractivity contribution is -0.123. The van der Waals surface area contributed by atoms with Gasteiger partial charge in [-0.05, 0) is 74.2 Å². The van der Waals surface area contributed by atoms with E-state index in [4.69, 9.17) is 0 Å². The number of allylic oxidation sites excluding steroid dienone is 6. The first kappa shape index (κ1) is 28.1. The van der Waals surface area contributed by atoms with Gasteiger partial charge in [0.05, 0.1) is 17.5 Å².